The van der Waals surface area contributed by atoms with E-state index in [1.54, 1.807) is 18.3 Å². The predicted octanol–water partition coefficient (Wildman–Crippen LogP) is 3.75. The van der Waals surface area contributed by atoms with Crippen molar-refractivity contribution in [2.24, 2.45) is 0 Å². The van der Waals surface area contributed by atoms with E-state index in [4.69, 9.17) is 17.3 Å². The smallest absolute Gasteiger partial charge is 0.127 e. The van der Waals surface area contributed by atoms with Gasteiger partial charge in [0.2, 0.25) is 0 Å². The van der Waals surface area contributed by atoms with Crippen molar-refractivity contribution in [3.63, 3.8) is 0 Å². The second kappa shape index (κ2) is 5.38. The molecule has 0 fully saturated rings. The van der Waals surface area contributed by atoms with Crippen LogP contribution in [-0.4, -0.2) is 4.98 Å². The topological polar surface area (TPSA) is 38.9 Å². The SMILES string of the molecule is Nc1ccc(SCc2cc(Cl)ccc2F)cn1. The Hall–Kier alpha value is -1.26. The molecule has 2 rings (SSSR count). The first-order chi connectivity index (χ1) is 8.15. The summed E-state index contributed by atoms with van der Waals surface area (Å²) < 4.78 is 13.4. The van der Waals surface area contributed by atoms with Crippen LogP contribution < -0.4 is 5.73 Å². The quantitative estimate of drug-likeness (QED) is 0.862. The highest BCUT2D eigenvalue weighted by molar-refractivity contribution is 7.98. The Bertz CT molecular complexity index is 516. The first kappa shape index (κ1) is 12.2. The Balaban J connectivity index is 2.07. The van der Waals surface area contributed by atoms with Gasteiger partial charge in [-0.05, 0) is 35.9 Å². The molecule has 0 bridgehead atoms. The molecule has 2 aromatic rings. The van der Waals surface area contributed by atoms with Crippen LogP contribution in [0.5, 0.6) is 0 Å². The minimum atomic E-state index is -0.245. The number of nitrogens with two attached hydrogens (primary N) is 1. The standard InChI is InChI=1S/C12H10ClFN2S/c13-9-1-3-11(14)8(5-9)7-17-10-2-4-12(15)16-6-10/h1-6H,7H2,(H2,15,16). The third-order valence-electron chi connectivity index (χ3n) is 2.16. The van der Waals surface area contributed by atoms with Gasteiger partial charge in [-0.3, -0.25) is 0 Å². The van der Waals surface area contributed by atoms with Crippen molar-refractivity contribution in [3.05, 3.63) is 52.9 Å². The van der Waals surface area contributed by atoms with Crippen LogP contribution in [0.3, 0.4) is 0 Å². The number of halogens is 2. The number of hydrogen-bond acceptors (Lipinski definition) is 3. The minimum Gasteiger partial charge on any atom is -0.384 e. The predicted molar refractivity (Wildman–Crippen MR) is 69.6 cm³/mol. The molecule has 0 aliphatic rings. The van der Waals surface area contributed by atoms with E-state index in [1.165, 1.54) is 23.9 Å². The van der Waals surface area contributed by atoms with Crippen LogP contribution in [0.25, 0.3) is 0 Å². The summed E-state index contributed by atoms with van der Waals surface area (Å²) in [6.45, 7) is 0. The van der Waals surface area contributed by atoms with Crippen LogP contribution in [0, 0.1) is 5.82 Å². The molecule has 0 atom stereocenters. The van der Waals surface area contributed by atoms with Gasteiger partial charge in [0.1, 0.15) is 11.6 Å². The Labute approximate surface area is 108 Å². The Kier molecular flexibility index (Phi) is 3.86. The van der Waals surface area contributed by atoms with Crippen LogP contribution in [0.1, 0.15) is 5.56 Å². The molecule has 5 heteroatoms. The van der Waals surface area contributed by atoms with Gasteiger partial charge in [-0.15, -0.1) is 11.8 Å². The van der Waals surface area contributed by atoms with Gasteiger partial charge in [0.25, 0.3) is 0 Å². The number of hydrogen-bond donors (Lipinski definition) is 1. The van der Waals surface area contributed by atoms with Crippen molar-refractivity contribution in [1.29, 1.82) is 0 Å². The fourth-order valence-electron chi connectivity index (χ4n) is 1.29. The second-order valence-electron chi connectivity index (χ2n) is 3.44. The molecule has 0 radical (unpaired) electrons. The molecule has 17 heavy (non-hydrogen) atoms. The average molecular weight is 269 g/mol. The number of rotatable bonds is 3. The zero-order valence-corrected chi connectivity index (χ0v) is 10.4. The zero-order chi connectivity index (χ0) is 12.3. The van der Waals surface area contributed by atoms with Crippen LogP contribution in [0.4, 0.5) is 10.2 Å². The lowest BCUT2D eigenvalue weighted by Crippen LogP contribution is -1.90. The zero-order valence-electron chi connectivity index (χ0n) is 8.86. The van der Waals surface area contributed by atoms with Crippen molar-refractivity contribution in [1.82, 2.24) is 4.98 Å². The van der Waals surface area contributed by atoms with E-state index in [1.807, 2.05) is 6.07 Å². The normalized spacial score (nSPS) is 10.5. The van der Waals surface area contributed by atoms with Crippen LogP contribution in [0.15, 0.2) is 41.4 Å². The number of benzene rings is 1. The maximum absolute atomic E-state index is 13.4. The van der Waals surface area contributed by atoms with Crippen molar-refractivity contribution in [2.45, 2.75) is 10.6 Å². The van der Waals surface area contributed by atoms with Gasteiger partial charge < -0.3 is 5.73 Å². The summed E-state index contributed by atoms with van der Waals surface area (Å²) in [5, 5.41) is 0.539. The summed E-state index contributed by atoms with van der Waals surface area (Å²) in [6, 6.07) is 8.12. The van der Waals surface area contributed by atoms with Gasteiger partial charge in [-0.2, -0.15) is 0 Å². The molecule has 1 heterocycles. The molecule has 0 unspecified atom stereocenters. The molecule has 0 amide bonds. The first-order valence-electron chi connectivity index (χ1n) is 4.93. The van der Waals surface area contributed by atoms with Crippen LogP contribution in [0.2, 0.25) is 5.02 Å². The molecule has 1 aromatic carbocycles. The highest BCUT2D eigenvalue weighted by atomic mass is 35.5. The maximum atomic E-state index is 13.4. The molecule has 0 saturated carbocycles. The third-order valence-corrected chi connectivity index (χ3v) is 3.43. The van der Waals surface area contributed by atoms with E-state index in [9.17, 15) is 4.39 Å². The van der Waals surface area contributed by atoms with Crippen molar-refractivity contribution in [3.8, 4) is 0 Å². The fraction of sp³-hybridized carbons (Fsp3) is 0.0833. The molecular formula is C12H10ClFN2S. The molecule has 0 aliphatic carbocycles. The average Bonchev–Trinajstić information content (AvgIpc) is 2.32. The summed E-state index contributed by atoms with van der Waals surface area (Å²) in [6.07, 6.45) is 1.67. The summed E-state index contributed by atoms with van der Waals surface area (Å²) in [5.74, 6) is 0.742. The number of aromatic nitrogens is 1. The summed E-state index contributed by atoms with van der Waals surface area (Å²) in [5.41, 5.74) is 6.06. The molecule has 0 saturated heterocycles. The van der Waals surface area contributed by atoms with Gasteiger partial charge in [-0.1, -0.05) is 11.6 Å². The number of nitrogen functional groups attached to an aromatic ring is 1. The van der Waals surface area contributed by atoms with E-state index < -0.39 is 0 Å². The Morgan fingerprint density at radius 3 is 2.82 bits per heavy atom. The molecule has 0 aliphatic heterocycles. The van der Waals surface area contributed by atoms with Crippen LogP contribution in [-0.2, 0) is 5.75 Å². The third kappa shape index (κ3) is 3.35. The van der Waals surface area contributed by atoms with E-state index in [-0.39, 0.29) is 5.82 Å². The van der Waals surface area contributed by atoms with Gasteiger partial charge in [0, 0.05) is 21.9 Å². The van der Waals surface area contributed by atoms with Crippen molar-refractivity contribution >= 4 is 29.2 Å². The Morgan fingerprint density at radius 1 is 1.29 bits per heavy atom. The lowest BCUT2D eigenvalue weighted by atomic mass is 10.2. The van der Waals surface area contributed by atoms with Crippen molar-refractivity contribution < 1.29 is 4.39 Å². The monoisotopic (exact) mass is 268 g/mol. The number of pyridine rings is 1. The van der Waals surface area contributed by atoms with E-state index in [0.29, 0.717) is 22.2 Å². The lowest BCUT2D eigenvalue weighted by Gasteiger charge is -2.04. The van der Waals surface area contributed by atoms with Crippen LogP contribution >= 0.6 is 23.4 Å². The molecule has 0 spiro atoms. The molecule has 2 nitrogen and oxygen atoms in total. The molecule has 88 valence electrons. The van der Waals surface area contributed by atoms with E-state index in [2.05, 4.69) is 4.98 Å². The number of thioether (sulfide) groups is 1. The molecular weight excluding hydrogens is 259 g/mol. The highest BCUT2D eigenvalue weighted by Crippen LogP contribution is 2.25. The van der Waals surface area contributed by atoms with Gasteiger partial charge in [0.15, 0.2) is 0 Å². The molecule has 1 aromatic heterocycles. The summed E-state index contributed by atoms with van der Waals surface area (Å²) in [7, 11) is 0. The van der Waals surface area contributed by atoms with Gasteiger partial charge >= 0.3 is 0 Å². The van der Waals surface area contributed by atoms with E-state index >= 15 is 0 Å². The minimum absolute atomic E-state index is 0.245. The summed E-state index contributed by atoms with van der Waals surface area (Å²) in [4.78, 5) is 4.91. The fourth-order valence-corrected chi connectivity index (χ4v) is 2.32. The highest BCUT2D eigenvalue weighted by Gasteiger charge is 2.04. The number of anilines is 1. The number of nitrogens with zero attached hydrogens (tertiary/aromatic N) is 1. The second-order valence-corrected chi connectivity index (χ2v) is 4.93. The maximum Gasteiger partial charge on any atom is 0.127 e. The first-order valence-corrected chi connectivity index (χ1v) is 6.30. The lowest BCUT2D eigenvalue weighted by molar-refractivity contribution is 0.617. The van der Waals surface area contributed by atoms with E-state index in [0.717, 1.165) is 4.90 Å². The van der Waals surface area contributed by atoms with Gasteiger partial charge in [-0.25, -0.2) is 9.37 Å². The summed E-state index contributed by atoms with van der Waals surface area (Å²) >= 11 is 7.30. The molecule has 2 N–H and O–H groups in total. The Morgan fingerprint density at radius 2 is 2.12 bits per heavy atom. The largest absolute Gasteiger partial charge is 0.384 e. The van der Waals surface area contributed by atoms with Crippen molar-refractivity contribution in [2.75, 3.05) is 5.73 Å². The van der Waals surface area contributed by atoms with Gasteiger partial charge in [0.05, 0.1) is 0 Å².